The third-order valence-corrected chi connectivity index (χ3v) is 4.17. The van der Waals surface area contributed by atoms with E-state index in [1.54, 1.807) is 11.3 Å². The molecule has 2 heterocycles. The zero-order chi connectivity index (χ0) is 9.26. The number of aromatic nitrogens is 1. The first-order chi connectivity index (χ1) is 6.29. The van der Waals surface area contributed by atoms with Gasteiger partial charge in [-0.2, -0.15) is 0 Å². The van der Waals surface area contributed by atoms with Gasteiger partial charge in [-0.15, -0.1) is 11.3 Å². The Morgan fingerprint density at radius 1 is 1.69 bits per heavy atom. The zero-order valence-electron chi connectivity index (χ0n) is 7.40. The van der Waals surface area contributed by atoms with Gasteiger partial charge in [-0.3, -0.25) is 4.90 Å². The van der Waals surface area contributed by atoms with E-state index < -0.39 is 0 Å². The second-order valence-corrected chi connectivity index (χ2v) is 5.13. The van der Waals surface area contributed by atoms with Crippen LogP contribution in [0.4, 0.5) is 0 Å². The molecule has 1 fully saturated rings. The normalized spacial score (nSPS) is 30.6. The van der Waals surface area contributed by atoms with Crippen LogP contribution in [0, 0.1) is 0 Å². The van der Waals surface area contributed by atoms with Crippen LogP contribution < -0.4 is 5.32 Å². The summed E-state index contributed by atoms with van der Waals surface area (Å²) in [6, 6.07) is 0.415. The quantitative estimate of drug-likeness (QED) is 0.613. The summed E-state index contributed by atoms with van der Waals surface area (Å²) in [4.78, 5) is 7.07. The van der Waals surface area contributed by atoms with E-state index in [-0.39, 0.29) is 0 Å². The Morgan fingerprint density at radius 2 is 2.54 bits per heavy atom. The molecule has 3 nitrogen and oxygen atoms in total. The maximum absolute atomic E-state index is 4.34. The number of nitrogens with one attached hydrogen (secondary N) is 1. The molecule has 2 unspecified atom stereocenters. The minimum Gasteiger partial charge on any atom is -0.312 e. The van der Waals surface area contributed by atoms with Crippen molar-refractivity contribution < 1.29 is 0 Å². The molecule has 0 aliphatic carbocycles. The topological polar surface area (TPSA) is 28.2 Å². The summed E-state index contributed by atoms with van der Waals surface area (Å²) in [7, 11) is 2.13. The third kappa shape index (κ3) is 1.93. The summed E-state index contributed by atoms with van der Waals surface area (Å²) in [6.07, 6.45) is 1.87. The van der Waals surface area contributed by atoms with E-state index in [1.165, 1.54) is 5.01 Å². The summed E-state index contributed by atoms with van der Waals surface area (Å²) >= 11 is 5.34. The van der Waals surface area contributed by atoms with Crippen molar-refractivity contribution in [3.8, 4) is 0 Å². The van der Waals surface area contributed by atoms with Crippen LogP contribution >= 0.6 is 27.3 Å². The Hall–Kier alpha value is 0.0300. The molecule has 72 valence electrons. The van der Waals surface area contributed by atoms with Gasteiger partial charge in [0.2, 0.25) is 0 Å². The highest BCUT2D eigenvalue weighted by Gasteiger charge is 2.27. The lowest BCUT2D eigenvalue weighted by atomic mass is 10.2. The van der Waals surface area contributed by atoms with Crippen LogP contribution in [-0.2, 0) is 0 Å². The van der Waals surface area contributed by atoms with Gasteiger partial charge >= 0.3 is 0 Å². The maximum atomic E-state index is 4.34. The van der Waals surface area contributed by atoms with E-state index in [2.05, 4.69) is 38.2 Å². The van der Waals surface area contributed by atoms with Crippen LogP contribution in [0.3, 0.4) is 0 Å². The molecular weight excluding hydrogens is 250 g/mol. The number of halogens is 1. The Kier molecular flexibility index (Phi) is 2.98. The highest BCUT2D eigenvalue weighted by Crippen LogP contribution is 2.26. The van der Waals surface area contributed by atoms with E-state index in [9.17, 15) is 0 Å². The second kappa shape index (κ2) is 4.04. The average Bonchev–Trinajstić information content (AvgIpc) is 2.62. The summed E-state index contributed by atoms with van der Waals surface area (Å²) in [5.41, 5.74) is 0. The molecule has 1 aromatic heterocycles. The van der Waals surface area contributed by atoms with E-state index in [0.717, 1.165) is 13.1 Å². The molecule has 2 atom stereocenters. The highest BCUT2D eigenvalue weighted by atomic mass is 79.9. The van der Waals surface area contributed by atoms with E-state index in [1.807, 2.05) is 11.6 Å². The molecule has 1 aliphatic rings. The first-order valence-corrected chi connectivity index (χ1v) is 6.04. The van der Waals surface area contributed by atoms with Crippen molar-refractivity contribution in [3.63, 3.8) is 0 Å². The molecule has 2 rings (SSSR count). The van der Waals surface area contributed by atoms with E-state index in [0.29, 0.717) is 11.0 Å². The number of hydrogen-bond donors (Lipinski definition) is 1. The maximum Gasteiger partial charge on any atom is 0.111 e. The fourth-order valence-electron chi connectivity index (χ4n) is 1.48. The number of likely N-dealkylation sites (N-methyl/N-ethyl adjacent to an activating group) is 1. The monoisotopic (exact) mass is 261 g/mol. The van der Waals surface area contributed by atoms with Crippen LogP contribution in [0.1, 0.15) is 11.0 Å². The van der Waals surface area contributed by atoms with Gasteiger partial charge in [0.25, 0.3) is 0 Å². The Morgan fingerprint density at radius 3 is 3.23 bits per heavy atom. The molecule has 1 saturated heterocycles. The first-order valence-electron chi connectivity index (χ1n) is 4.25. The number of rotatable bonds is 1. The zero-order valence-corrected chi connectivity index (χ0v) is 9.81. The smallest absolute Gasteiger partial charge is 0.111 e. The summed E-state index contributed by atoms with van der Waals surface area (Å²) in [6.45, 7) is 1.99. The Balaban J connectivity index is 2.14. The second-order valence-electron chi connectivity index (χ2n) is 3.14. The Bertz CT molecular complexity index is 264. The molecule has 1 aromatic rings. The van der Waals surface area contributed by atoms with E-state index in [4.69, 9.17) is 0 Å². The van der Waals surface area contributed by atoms with Crippen molar-refractivity contribution in [3.05, 3.63) is 16.6 Å². The van der Waals surface area contributed by atoms with Gasteiger partial charge < -0.3 is 5.32 Å². The SMILES string of the molecule is CN1C(Br)CNCC1c1nccs1. The minimum atomic E-state index is 0.412. The third-order valence-electron chi connectivity index (χ3n) is 2.32. The molecule has 0 spiro atoms. The molecule has 1 N–H and O–H groups in total. The fourth-order valence-corrected chi connectivity index (χ4v) is 2.79. The molecule has 0 aromatic carbocycles. The van der Waals surface area contributed by atoms with Gasteiger partial charge in [0.1, 0.15) is 5.01 Å². The highest BCUT2D eigenvalue weighted by molar-refractivity contribution is 9.09. The van der Waals surface area contributed by atoms with Crippen molar-refractivity contribution in [2.24, 2.45) is 0 Å². The molecular formula is C8H12BrN3S. The van der Waals surface area contributed by atoms with Gasteiger partial charge in [-0.05, 0) is 7.05 Å². The Labute approximate surface area is 90.3 Å². The number of thiazole rings is 1. The van der Waals surface area contributed by atoms with Gasteiger partial charge in [0, 0.05) is 24.7 Å². The van der Waals surface area contributed by atoms with Crippen molar-refractivity contribution in [1.82, 2.24) is 15.2 Å². The van der Waals surface area contributed by atoms with Crippen LogP contribution in [-0.4, -0.2) is 35.0 Å². The number of nitrogens with zero attached hydrogens (tertiary/aromatic N) is 2. The predicted molar refractivity (Wildman–Crippen MR) is 58.2 cm³/mol. The number of hydrogen-bond acceptors (Lipinski definition) is 4. The predicted octanol–water partition coefficient (Wildman–Crippen LogP) is 1.44. The number of piperazine rings is 1. The lowest BCUT2D eigenvalue weighted by molar-refractivity contribution is 0.185. The molecule has 0 radical (unpaired) electrons. The van der Waals surface area contributed by atoms with Crippen molar-refractivity contribution in [2.45, 2.75) is 11.0 Å². The van der Waals surface area contributed by atoms with Gasteiger partial charge in [-0.1, -0.05) is 15.9 Å². The molecule has 0 amide bonds. The van der Waals surface area contributed by atoms with E-state index >= 15 is 0 Å². The first kappa shape index (κ1) is 9.58. The van der Waals surface area contributed by atoms with Gasteiger partial charge in [0.05, 0.1) is 11.0 Å². The van der Waals surface area contributed by atoms with Gasteiger partial charge in [0.15, 0.2) is 0 Å². The average molecular weight is 262 g/mol. The van der Waals surface area contributed by atoms with Crippen LogP contribution in [0.15, 0.2) is 11.6 Å². The standard InChI is InChI=1S/C8H12BrN3S/c1-12-6(4-10-5-7(12)9)8-11-2-3-13-8/h2-3,6-7,10H,4-5H2,1H3. The van der Waals surface area contributed by atoms with Crippen LogP contribution in [0.2, 0.25) is 0 Å². The minimum absolute atomic E-state index is 0.412. The summed E-state index contributed by atoms with van der Waals surface area (Å²) < 4.78 is 0. The molecule has 0 bridgehead atoms. The van der Waals surface area contributed by atoms with Crippen LogP contribution in [0.25, 0.3) is 0 Å². The van der Waals surface area contributed by atoms with Crippen molar-refractivity contribution >= 4 is 27.3 Å². The van der Waals surface area contributed by atoms with Crippen molar-refractivity contribution in [2.75, 3.05) is 20.1 Å². The largest absolute Gasteiger partial charge is 0.312 e. The molecule has 5 heteroatoms. The lowest BCUT2D eigenvalue weighted by Gasteiger charge is -2.35. The summed E-state index contributed by atoms with van der Waals surface area (Å²) in [5.74, 6) is 0. The fraction of sp³-hybridized carbons (Fsp3) is 0.625. The summed E-state index contributed by atoms with van der Waals surface area (Å²) in [5, 5.41) is 6.60. The van der Waals surface area contributed by atoms with Crippen molar-refractivity contribution in [1.29, 1.82) is 0 Å². The van der Waals surface area contributed by atoms with Crippen LogP contribution in [0.5, 0.6) is 0 Å². The molecule has 0 saturated carbocycles. The molecule has 13 heavy (non-hydrogen) atoms. The lowest BCUT2D eigenvalue weighted by Crippen LogP contribution is -2.48. The molecule has 1 aliphatic heterocycles. The van der Waals surface area contributed by atoms with Gasteiger partial charge in [-0.25, -0.2) is 4.98 Å². The number of alkyl halides is 1.